The maximum absolute atomic E-state index is 12.5. The highest BCUT2D eigenvalue weighted by molar-refractivity contribution is 5.98. The lowest BCUT2D eigenvalue weighted by Gasteiger charge is -2.22. The highest BCUT2D eigenvalue weighted by atomic mass is 16.5. The van der Waals surface area contributed by atoms with Crippen LogP contribution in [0.2, 0.25) is 0 Å². The highest BCUT2D eigenvalue weighted by Gasteiger charge is 2.20. The highest BCUT2D eigenvalue weighted by Crippen LogP contribution is 2.29. The molecule has 0 saturated heterocycles. The molecule has 1 aromatic heterocycles. The van der Waals surface area contributed by atoms with Crippen molar-refractivity contribution in [1.29, 1.82) is 0 Å². The molecule has 26 heavy (non-hydrogen) atoms. The number of anilines is 1. The summed E-state index contributed by atoms with van der Waals surface area (Å²) in [6, 6.07) is 4.99. The molecule has 1 saturated carbocycles. The van der Waals surface area contributed by atoms with Gasteiger partial charge >= 0.3 is 5.63 Å². The molecule has 6 heteroatoms. The van der Waals surface area contributed by atoms with E-state index in [9.17, 15) is 9.59 Å². The summed E-state index contributed by atoms with van der Waals surface area (Å²) in [5, 5.41) is 3.54. The second-order valence-corrected chi connectivity index (χ2v) is 6.90. The van der Waals surface area contributed by atoms with Gasteiger partial charge in [-0.05, 0) is 31.4 Å². The zero-order valence-corrected chi connectivity index (χ0v) is 15.2. The van der Waals surface area contributed by atoms with E-state index in [1.807, 2.05) is 0 Å². The minimum atomic E-state index is -0.657. The molecule has 0 bridgehead atoms. The topological polar surface area (TPSA) is 94.6 Å². The molecule has 1 heterocycles. The van der Waals surface area contributed by atoms with E-state index < -0.39 is 5.63 Å². The van der Waals surface area contributed by atoms with Gasteiger partial charge in [-0.25, -0.2) is 4.79 Å². The molecule has 3 N–H and O–H groups in total. The van der Waals surface area contributed by atoms with Crippen LogP contribution in [-0.2, 0) is 0 Å². The van der Waals surface area contributed by atoms with Crippen LogP contribution < -0.4 is 21.4 Å². The molecule has 1 fully saturated rings. The third kappa shape index (κ3) is 4.18. The number of amides is 1. The lowest BCUT2D eigenvalue weighted by atomic mass is 9.95. The predicted octanol–water partition coefficient (Wildman–Crippen LogP) is 3.62. The number of carbonyl (C=O) groups is 1. The van der Waals surface area contributed by atoms with Gasteiger partial charge in [0, 0.05) is 23.2 Å². The Balaban J connectivity index is 1.89. The molecule has 0 radical (unpaired) electrons. The van der Waals surface area contributed by atoms with Gasteiger partial charge in [-0.15, -0.1) is 0 Å². The van der Waals surface area contributed by atoms with E-state index in [0.717, 1.165) is 38.5 Å². The van der Waals surface area contributed by atoms with E-state index in [-0.39, 0.29) is 17.5 Å². The predicted molar refractivity (Wildman–Crippen MR) is 102 cm³/mol. The Bertz CT molecular complexity index is 838. The van der Waals surface area contributed by atoms with Gasteiger partial charge in [-0.2, -0.15) is 0 Å². The number of unbranched alkanes of at least 4 members (excludes halogenated alkanes) is 1. The molecule has 0 aliphatic heterocycles. The van der Waals surface area contributed by atoms with Gasteiger partial charge in [0.25, 0.3) is 5.91 Å². The summed E-state index contributed by atoms with van der Waals surface area (Å²) in [5.41, 5.74) is 6.12. The van der Waals surface area contributed by atoms with Crippen molar-refractivity contribution in [1.82, 2.24) is 5.32 Å². The molecule has 0 unspecified atom stereocenters. The summed E-state index contributed by atoms with van der Waals surface area (Å²) in [6.07, 6.45) is 7.20. The Morgan fingerprint density at radius 3 is 2.77 bits per heavy atom. The van der Waals surface area contributed by atoms with E-state index in [4.69, 9.17) is 14.9 Å². The Morgan fingerprint density at radius 2 is 2.04 bits per heavy atom. The standard InChI is InChI=1S/C20H26N2O4/c1-2-3-9-25-17-12-14(21)10-13-11-16(20(24)26-18(13)17)19(23)22-15-7-5-4-6-8-15/h10-12,15H,2-9,21H2,1H3,(H,22,23). The van der Waals surface area contributed by atoms with Gasteiger partial charge in [0.1, 0.15) is 5.56 Å². The van der Waals surface area contributed by atoms with Crippen molar-refractivity contribution in [2.75, 3.05) is 12.3 Å². The first-order chi connectivity index (χ1) is 12.6. The number of nitrogen functional groups attached to an aromatic ring is 1. The fraction of sp³-hybridized carbons (Fsp3) is 0.500. The molecular weight excluding hydrogens is 332 g/mol. The van der Waals surface area contributed by atoms with Gasteiger partial charge in [0.15, 0.2) is 11.3 Å². The van der Waals surface area contributed by atoms with E-state index >= 15 is 0 Å². The van der Waals surface area contributed by atoms with Crippen molar-refractivity contribution in [3.8, 4) is 5.75 Å². The minimum absolute atomic E-state index is 0.00758. The lowest BCUT2D eigenvalue weighted by molar-refractivity contribution is 0.0924. The van der Waals surface area contributed by atoms with Crippen LogP contribution in [0, 0.1) is 0 Å². The molecule has 140 valence electrons. The molecular formula is C20H26N2O4. The summed E-state index contributed by atoms with van der Waals surface area (Å²) in [6.45, 7) is 2.58. The number of benzene rings is 1. The van der Waals surface area contributed by atoms with E-state index in [1.54, 1.807) is 18.2 Å². The van der Waals surface area contributed by atoms with Crippen LogP contribution in [0.15, 0.2) is 27.4 Å². The SMILES string of the molecule is CCCCOc1cc(N)cc2cc(C(=O)NC3CCCCC3)c(=O)oc12. The normalized spacial score (nSPS) is 15.1. The van der Waals surface area contributed by atoms with Crippen LogP contribution >= 0.6 is 0 Å². The van der Waals surface area contributed by atoms with Gasteiger partial charge in [-0.1, -0.05) is 32.6 Å². The van der Waals surface area contributed by atoms with Crippen molar-refractivity contribution < 1.29 is 13.9 Å². The maximum Gasteiger partial charge on any atom is 0.349 e. The van der Waals surface area contributed by atoms with Crippen LogP contribution in [0.5, 0.6) is 5.75 Å². The average Bonchev–Trinajstić information content (AvgIpc) is 2.62. The van der Waals surface area contributed by atoms with Crippen LogP contribution in [-0.4, -0.2) is 18.6 Å². The van der Waals surface area contributed by atoms with E-state index in [0.29, 0.717) is 29.0 Å². The number of hydrogen-bond donors (Lipinski definition) is 2. The van der Waals surface area contributed by atoms with Gasteiger partial charge in [-0.3, -0.25) is 4.79 Å². The summed E-state index contributed by atoms with van der Waals surface area (Å²) in [4.78, 5) is 24.9. The van der Waals surface area contributed by atoms with Crippen LogP contribution in [0.25, 0.3) is 11.0 Å². The quantitative estimate of drug-likeness (QED) is 0.467. The molecule has 0 atom stereocenters. The molecule has 0 spiro atoms. The van der Waals surface area contributed by atoms with Crippen molar-refractivity contribution in [3.63, 3.8) is 0 Å². The van der Waals surface area contributed by atoms with Crippen LogP contribution in [0.3, 0.4) is 0 Å². The number of carbonyl (C=O) groups excluding carboxylic acids is 1. The summed E-state index contributed by atoms with van der Waals surface area (Å²) < 4.78 is 11.1. The Hall–Kier alpha value is -2.50. The molecule has 2 aromatic rings. The second-order valence-electron chi connectivity index (χ2n) is 6.90. The largest absolute Gasteiger partial charge is 0.490 e. The summed E-state index contributed by atoms with van der Waals surface area (Å²) >= 11 is 0. The first kappa shape index (κ1) is 18.3. The van der Waals surface area contributed by atoms with Gasteiger partial charge in [0.05, 0.1) is 6.61 Å². The number of fused-ring (bicyclic) bond motifs is 1. The maximum atomic E-state index is 12.5. The molecule has 1 amide bonds. The molecule has 6 nitrogen and oxygen atoms in total. The van der Waals surface area contributed by atoms with Gasteiger partial charge < -0.3 is 20.2 Å². The lowest BCUT2D eigenvalue weighted by Crippen LogP contribution is -2.38. The first-order valence-corrected chi connectivity index (χ1v) is 9.39. The fourth-order valence-corrected chi connectivity index (χ4v) is 3.33. The number of ether oxygens (including phenoxy) is 1. The number of nitrogens with one attached hydrogen (secondary N) is 1. The number of rotatable bonds is 6. The molecule has 3 rings (SSSR count). The van der Waals surface area contributed by atoms with Crippen LogP contribution in [0.1, 0.15) is 62.2 Å². The van der Waals surface area contributed by atoms with Crippen molar-refractivity contribution in [3.05, 3.63) is 34.2 Å². The molecule has 1 aliphatic carbocycles. The fourth-order valence-electron chi connectivity index (χ4n) is 3.33. The Kier molecular flexibility index (Phi) is 5.81. The molecule has 1 aliphatic rings. The molecule has 1 aromatic carbocycles. The summed E-state index contributed by atoms with van der Waals surface area (Å²) in [5.74, 6) is 0.0493. The Labute approximate surface area is 152 Å². The average molecular weight is 358 g/mol. The summed E-state index contributed by atoms with van der Waals surface area (Å²) in [7, 11) is 0. The second kappa shape index (κ2) is 8.25. The zero-order valence-electron chi connectivity index (χ0n) is 15.2. The smallest absolute Gasteiger partial charge is 0.349 e. The first-order valence-electron chi connectivity index (χ1n) is 9.39. The monoisotopic (exact) mass is 358 g/mol. The minimum Gasteiger partial charge on any atom is -0.490 e. The van der Waals surface area contributed by atoms with E-state index in [1.165, 1.54) is 6.42 Å². The third-order valence-electron chi connectivity index (χ3n) is 4.76. The number of nitrogens with two attached hydrogens (primary N) is 1. The van der Waals surface area contributed by atoms with Crippen molar-refractivity contribution >= 4 is 22.6 Å². The van der Waals surface area contributed by atoms with Crippen LogP contribution in [0.4, 0.5) is 5.69 Å². The van der Waals surface area contributed by atoms with Gasteiger partial charge in [0.2, 0.25) is 0 Å². The van der Waals surface area contributed by atoms with Crippen molar-refractivity contribution in [2.45, 2.75) is 57.9 Å². The van der Waals surface area contributed by atoms with Crippen molar-refractivity contribution in [2.24, 2.45) is 0 Å². The van der Waals surface area contributed by atoms with E-state index in [2.05, 4.69) is 12.2 Å². The Morgan fingerprint density at radius 1 is 1.27 bits per heavy atom. The zero-order chi connectivity index (χ0) is 18.5. The number of hydrogen-bond acceptors (Lipinski definition) is 5. The third-order valence-corrected chi connectivity index (χ3v) is 4.76.